The summed E-state index contributed by atoms with van der Waals surface area (Å²) in [5.74, 6) is 0.532. The number of fused-ring (bicyclic) bond motifs is 1. The minimum Gasteiger partial charge on any atom is -0.488 e. The average molecular weight is 307 g/mol. The molecule has 0 amide bonds. The van der Waals surface area contributed by atoms with Gasteiger partial charge in [0.05, 0.1) is 0 Å². The van der Waals surface area contributed by atoms with Gasteiger partial charge in [0.25, 0.3) is 0 Å². The van der Waals surface area contributed by atoms with E-state index in [1.165, 1.54) is 6.07 Å². The molecule has 0 aromatic heterocycles. The second-order valence-electron chi connectivity index (χ2n) is 4.42. The highest BCUT2D eigenvalue weighted by Crippen LogP contribution is 2.33. The minimum absolute atomic E-state index is 0.0308. The fourth-order valence-corrected chi connectivity index (χ4v) is 2.16. The van der Waals surface area contributed by atoms with E-state index in [1.54, 1.807) is 24.3 Å². The number of carbonyl (C=O) groups is 1. The van der Waals surface area contributed by atoms with Crippen LogP contribution in [0.3, 0.4) is 0 Å². The maximum atomic E-state index is 11.2. The zero-order chi connectivity index (χ0) is 14.8. The van der Waals surface area contributed by atoms with Crippen LogP contribution < -0.4 is 14.2 Å². The van der Waals surface area contributed by atoms with Crippen LogP contribution in [0.25, 0.3) is 0 Å². The molecule has 1 N–H and O–H groups in total. The SMILES string of the molecule is O=C(O)c1cc(Cl)ccc1OCc1ccc2c(c1)OCO2. The molecule has 0 saturated carbocycles. The van der Waals surface area contributed by atoms with Crippen LogP contribution in [0.2, 0.25) is 5.02 Å². The second kappa shape index (κ2) is 5.54. The number of aromatic carboxylic acids is 1. The number of rotatable bonds is 4. The molecule has 2 aromatic rings. The van der Waals surface area contributed by atoms with E-state index in [-0.39, 0.29) is 24.7 Å². The fourth-order valence-electron chi connectivity index (χ4n) is 1.99. The third kappa shape index (κ3) is 2.87. The molecule has 108 valence electrons. The lowest BCUT2D eigenvalue weighted by molar-refractivity contribution is 0.0691. The normalized spacial score (nSPS) is 12.2. The average Bonchev–Trinajstić information content (AvgIpc) is 2.93. The summed E-state index contributed by atoms with van der Waals surface area (Å²) in [5, 5.41) is 9.49. The fraction of sp³-hybridized carbons (Fsp3) is 0.133. The van der Waals surface area contributed by atoms with Gasteiger partial charge in [0.1, 0.15) is 17.9 Å². The molecule has 21 heavy (non-hydrogen) atoms. The van der Waals surface area contributed by atoms with Crippen LogP contribution in [-0.4, -0.2) is 17.9 Å². The van der Waals surface area contributed by atoms with Crippen LogP contribution in [0.4, 0.5) is 0 Å². The van der Waals surface area contributed by atoms with Gasteiger partial charge in [-0.2, -0.15) is 0 Å². The molecule has 1 aliphatic rings. The maximum absolute atomic E-state index is 11.2. The molecular weight excluding hydrogens is 296 g/mol. The van der Waals surface area contributed by atoms with E-state index in [9.17, 15) is 4.79 Å². The van der Waals surface area contributed by atoms with E-state index < -0.39 is 5.97 Å². The lowest BCUT2D eigenvalue weighted by atomic mass is 10.2. The first kappa shape index (κ1) is 13.6. The van der Waals surface area contributed by atoms with Crippen molar-refractivity contribution in [1.29, 1.82) is 0 Å². The van der Waals surface area contributed by atoms with Gasteiger partial charge < -0.3 is 19.3 Å². The molecule has 6 heteroatoms. The summed E-state index contributed by atoms with van der Waals surface area (Å²) in [6.07, 6.45) is 0. The van der Waals surface area contributed by atoms with Crippen LogP contribution in [-0.2, 0) is 6.61 Å². The smallest absolute Gasteiger partial charge is 0.339 e. The molecule has 0 spiro atoms. The van der Waals surface area contributed by atoms with E-state index in [0.717, 1.165) is 5.56 Å². The molecule has 0 saturated heterocycles. The summed E-state index contributed by atoms with van der Waals surface area (Å²) in [6.45, 7) is 0.429. The number of benzene rings is 2. The number of hydrogen-bond acceptors (Lipinski definition) is 4. The predicted octanol–water partition coefficient (Wildman–Crippen LogP) is 3.35. The quantitative estimate of drug-likeness (QED) is 0.938. The molecule has 0 bridgehead atoms. The molecule has 0 fully saturated rings. The van der Waals surface area contributed by atoms with Crippen LogP contribution in [0.1, 0.15) is 15.9 Å². The van der Waals surface area contributed by atoms with Crippen LogP contribution in [0, 0.1) is 0 Å². The zero-order valence-electron chi connectivity index (χ0n) is 10.8. The third-order valence-electron chi connectivity index (χ3n) is 3.00. The lowest BCUT2D eigenvalue weighted by Gasteiger charge is -2.10. The van der Waals surface area contributed by atoms with Crippen molar-refractivity contribution in [2.45, 2.75) is 6.61 Å². The van der Waals surface area contributed by atoms with Crippen molar-refractivity contribution in [1.82, 2.24) is 0 Å². The molecule has 3 rings (SSSR count). The first-order valence-electron chi connectivity index (χ1n) is 6.17. The molecule has 1 heterocycles. The van der Waals surface area contributed by atoms with Crippen molar-refractivity contribution in [2.24, 2.45) is 0 Å². The Bertz CT molecular complexity index is 698. The Morgan fingerprint density at radius 1 is 1.19 bits per heavy atom. The Hall–Kier alpha value is -2.40. The molecule has 2 aromatic carbocycles. The van der Waals surface area contributed by atoms with Crippen molar-refractivity contribution in [3.63, 3.8) is 0 Å². The molecule has 0 aliphatic carbocycles. The summed E-state index contributed by atoms with van der Waals surface area (Å²) in [6, 6.07) is 9.92. The molecular formula is C15H11ClO5. The van der Waals surface area contributed by atoms with Crippen molar-refractivity contribution in [3.8, 4) is 17.2 Å². The Morgan fingerprint density at radius 2 is 2.00 bits per heavy atom. The zero-order valence-corrected chi connectivity index (χ0v) is 11.6. The molecule has 0 radical (unpaired) electrons. The highest BCUT2D eigenvalue weighted by molar-refractivity contribution is 6.31. The van der Waals surface area contributed by atoms with Crippen molar-refractivity contribution >= 4 is 17.6 Å². The van der Waals surface area contributed by atoms with Gasteiger partial charge in [-0.05, 0) is 35.9 Å². The van der Waals surface area contributed by atoms with Crippen molar-refractivity contribution in [3.05, 3.63) is 52.5 Å². The molecule has 0 unspecified atom stereocenters. The minimum atomic E-state index is -1.09. The predicted molar refractivity (Wildman–Crippen MR) is 75.3 cm³/mol. The Morgan fingerprint density at radius 3 is 2.81 bits per heavy atom. The van der Waals surface area contributed by atoms with Crippen LogP contribution >= 0.6 is 11.6 Å². The molecule has 0 atom stereocenters. The number of halogens is 1. The largest absolute Gasteiger partial charge is 0.488 e. The Balaban J connectivity index is 1.77. The second-order valence-corrected chi connectivity index (χ2v) is 4.86. The number of ether oxygens (including phenoxy) is 3. The van der Waals surface area contributed by atoms with E-state index in [2.05, 4.69) is 0 Å². The summed E-state index contributed by atoms with van der Waals surface area (Å²) in [4.78, 5) is 11.2. The monoisotopic (exact) mass is 306 g/mol. The summed E-state index contributed by atoms with van der Waals surface area (Å²) >= 11 is 5.79. The topological polar surface area (TPSA) is 65.0 Å². The van der Waals surface area contributed by atoms with Crippen LogP contribution in [0.5, 0.6) is 17.2 Å². The number of carboxylic acids is 1. The van der Waals surface area contributed by atoms with Gasteiger partial charge in [-0.15, -0.1) is 0 Å². The molecule has 1 aliphatic heterocycles. The highest BCUT2D eigenvalue weighted by atomic mass is 35.5. The summed E-state index contributed by atoms with van der Waals surface area (Å²) in [5.41, 5.74) is 0.883. The summed E-state index contributed by atoms with van der Waals surface area (Å²) in [7, 11) is 0. The maximum Gasteiger partial charge on any atom is 0.339 e. The first-order chi connectivity index (χ1) is 10.1. The van der Waals surface area contributed by atoms with Gasteiger partial charge in [-0.3, -0.25) is 0 Å². The summed E-state index contributed by atoms with van der Waals surface area (Å²) < 4.78 is 16.1. The van der Waals surface area contributed by atoms with E-state index in [4.69, 9.17) is 30.9 Å². The number of carboxylic acid groups (broad SMARTS) is 1. The Kier molecular flexibility index (Phi) is 3.58. The highest BCUT2D eigenvalue weighted by Gasteiger charge is 2.15. The van der Waals surface area contributed by atoms with Gasteiger partial charge >= 0.3 is 5.97 Å². The van der Waals surface area contributed by atoms with Crippen molar-refractivity contribution in [2.75, 3.05) is 6.79 Å². The Labute approximate surface area is 125 Å². The lowest BCUT2D eigenvalue weighted by Crippen LogP contribution is -2.03. The van der Waals surface area contributed by atoms with E-state index in [1.807, 2.05) is 6.07 Å². The van der Waals surface area contributed by atoms with E-state index in [0.29, 0.717) is 16.5 Å². The number of hydrogen-bond donors (Lipinski definition) is 1. The van der Waals surface area contributed by atoms with Crippen LogP contribution in [0.15, 0.2) is 36.4 Å². The van der Waals surface area contributed by atoms with Gasteiger partial charge in [0.2, 0.25) is 6.79 Å². The first-order valence-corrected chi connectivity index (χ1v) is 6.55. The van der Waals surface area contributed by atoms with Crippen molar-refractivity contribution < 1.29 is 24.1 Å². The van der Waals surface area contributed by atoms with Gasteiger partial charge in [0, 0.05) is 5.02 Å². The molecule has 5 nitrogen and oxygen atoms in total. The van der Waals surface area contributed by atoms with Gasteiger partial charge in [0.15, 0.2) is 11.5 Å². The standard InChI is InChI=1S/C15H11ClO5/c16-10-2-4-12(11(6-10)15(17)18)19-7-9-1-3-13-14(5-9)21-8-20-13/h1-6H,7-8H2,(H,17,18). The van der Waals surface area contributed by atoms with Gasteiger partial charge in [-0.25, -0.2) is 4.79 Å². The van der Waals surface area contributed by atoms with E-state index >= 15 is 0 Å². The third-order valence-corrected chi connectivity index (χ3v) is 3.24. The van der Waals surface area contributed by atoms with Gasteiger partial charge in [-0.1, -0.05) is 17.7 Å².